The van der Waals surface area contributed by atoms with Crippen molar-refractivity contribution in [3.05, 3.63) is 143 Å². The summed E-state index contributed by atoms with van der Waals surface area (Å²) in [6, 6.07) is 36.4. The maximum atomic E-state index is 12.2. The van der Waals surface area contributed by atoms with Crippen molar-refractivity contribution in [2.45, 2.75) is 24.1 Å². The van der Waals surface area contributed by atoms with Crippen molar-refractivity contribution >= 4 is 23.0 Å². The van der Waals surface area contributed by atoms with Gasteiger partial charge in [0, 0.05) is 37.7 Å². The molecule has 1 unspecified atom stereocenters. The molecule has 0 aliphatic carbocycles. The van der Waals surface area contributed by atoms with Gasteiger partial charge in [0.25, 0.3) is 0 Å². The molecule has 36 heavy (non-hydrogen) atoms. The number of hydrogen-bond acceptors (Lipinski definition) is 4. The SMILES string of the molecule is CC(=O)SC1CCN(C(c2ccccc2)(c2ccccc2)c2ccccc2)C/C1=C/c1cccnc1. The van der Waals surface area contributed by atoms with E-state index in [1.165, 1.54) is 34.0 Å². The summed E-state index contributed by atoms with van der Waals surface area (Å²) >= 11 is 1.45. The van der Waals surface area contributed by atoms with Gasteiger partial charge in [-0.05, 0) is 40.3 Å². The van der Waals surface area contributed by atoms with E-state index in [4.69, 9.17) is 0 Å². The molecule has 2 heterocycles. The van der Waals surface area contributed by atoms with Crippen LogP contribution in [-0.4, -0.2) is 33.3 Å². The van der Waals surface area contributed by atoms with E-state index in [1.54, 1.807) is 13.1 Å². The lowest BCUT2D eigenvalue weighted by molar-refractivity contribution is -0.109. The first-order valence-corrected chi connectivity index (χ1v) is 13.2. The van der Waals surface area contributed by atoms with E-state index in [0.717, 1.165) is 25.1 Å². The Kier molecular flexibility index (Phi) is 7.45. The molecule has 180 valence electrons. The summed E-state index contributed by atoms with van der Waals surface area (Å²) in [5.41, 5.74) is 5.56. The zero-order chi connectivity index (χ0) is 24.8. The molecular weight excluding hydrogens is 460 g/mol. The highest BCUT2D eigenvalue weighted by atomic mass is 32.2. The van der Waals surface area contributed by atoms with Gasteiger partial charge in [-0.3, -0.25) is 14.7 Å². The van der Waals surface area contributed by atoms with Gasteiger partial charge >= 0.3 is 0 Å². The Bertz CT molecular complexity index is 1210. The van der Waals surface area contributed by atoms with Crippen molar-refractivity contribution in [2.75, 3.05) is 13.1 Å². The van der Waals surface area contributed by atoms with Crippen LogP contribution in [0.5, 0.6) is 0 Å². The fraction of sp³-hybridized carbons (Fsp3) is 0.188. The fourth-order valence-corrected chi connectivity index (χ4v) is 6.30. The first-order chi connectivity index (χ1) is 17.7. The van der Waals surface area contributed by atoms with Gasteiger partial charge in [0.15, 0.2) is 5.12 Å². The van der Waals surface area contributed by atoms with Crippen LogP contribution in [0.25, 0.3) is 6.08 Å². The highest BCUT2D eigenvalue weighted by Gasteiger charge is 2.44. The molecule has 0 spiro atoms. The van der Waals surface area contributed by atoms with E-state index in [0.29, 0.717) is 0 Å². The Morgan fingerprint density at radius 2 is 1.42 bits per heavy atom. The third kappa shape index (κ3) is 4.92. The minimum absolute atomic E-state index is 0.152. The first-order valence-electron chi connectivity index (χ1n) is 12.4. The average molecular weight is 491 g/mol. The molecule has 1 fully saturated rings. The van der Waals surface area contributed by atoms with Crippen LogP contribution in [0.3, 0.4) is 0 Å². The van der Waals surface area contributed by atoms with Crippen molar-refractivity contribution in [1.29, 1.82) is 0 Å². The van der Waals surface area contributed by atoms with Crippen molar-refractivity contribution in [3.8, 4) is 0 Å². The summed E-state index contributed by atoms with van der Waals surface area (Å²) in [6.45, 7) is 3.29. The summed E-state index contributed by atoms with van der Waals surface area (Å²) < 4.78 is 0. The minimum Gasteiger partial charge on any atom is -0.288 e. The third-order valence-electron chi connectivity index (χ3n) is 6.84. The highest BCUT2D eigenvalue weighted by Crippen LogP contribution is 2.45. The molecule has 0 saturated carbocycles. The minimum atomic E-state index is -0.469. The van der Waals surface area contributed by atoms with Crippen LogP contribution in [0.4, 0.5) is 0 Å². The number of aromatic nitrogens is 1. The quantitative estimate of drug-likeness (QED) is 0.278. The molecule has 1 aromatic heterocycles. The molecule has 1 aliphatic heterocycles. The molecule has 5 rings (SSSR count). The fourth-order valence-electron chi connectivity index (χ4n) is 5.38. The molecule has 1 atom stereocenters. The molecule has 0 bridgehead atoms. The van der Waals surface area contributed by atoms with E-state index < -0.39 is 5.54 Å². The molecule has 4 heteroatoms. The third-order valence-corrected chi connectivity index (χ3v) is 8.00. The number of carbonyl (C=O) groups is 1. The number of benzene rings is 3. The topological polar surface area (TPSA) is 33.2 Å². The number of likely N-dealkylation sites (tertiary alicyclic amines) is 1. The maximum Gasteiger partial charge on any atom is 0.186 e. The molecule has 0 amide bonds. The summed E-state index contributed by atoms with van der Waals surface area (Å²) in [5, 5.41) is 0.310. The molecule has 4 aromatic rings. The summed E-state index contributed by atoms with van der Waals surface area (Å²) in [5.74, 6) is 0. The number of pyridine rings is 1. The Hall–Kier alpha value is -3.47. The molecular formula is C32H30N2OS. The van der Waals surface area contributed by atoms with E-state index in [-0.39, 0.29) is 10.4 Å². The van der Waals surface area contributed by atoms with Crippen molar-refractivity contribution in [3.63, 3.8) is 0 Å². The largest absolute Gasteiger partial charge is 0.288 e. The lowest BCUT2D eigenvalue weighted by Crippen LogP contribution is -2.52. The average Bonchev–Trinajstić information content (AvgIpc) is 2.93. The Balaban J connectivity index is 1.69. The molecule has 0 N–H and O–H groups in total. The van der Waals surface area contributed by atoms with E-state index in [2.05, 4.69) is 113 Å². The number of hydrogen-bond donors (Lipinski definition) is 0. The van der Waals surface area contributed by atoms with Gasteiger partial charge in [0.1, 0.15) is 0 Å². The standard InChI is InChI=1S/C32H30N2OS/c1-25(35)36-31-19-21-34(24-27(31)22-26-12-11-20-33-23-26)32(28-13-5-2-6-14-28,29-15-7-3-8-16-29)30-17-9-4-10-18-30/h2-18,20,22-23,31H,19,21,24H2,1H3/b27-22-. The normalized spacial score (nSPS) is 17.7. The summed E-state index contributed by atoms with van der Waals surface area (Å²) in [7, 11) is 0. The molecule has 1 aliphatic rings. The summed E-state index contributed by atoms with van der Waals surface area (Å²) in [6.07, 6.45) is 6.80. The van der Waals surface area contributed by atoms with Gasteiger partial charge in [0.2, 0.25) is 0 Å². The van der Waals surface area contributed by atoms with Gasteiger partial charge in [-0.25, -0.2) is 0 Å². The van der Waals surface area contributed by atoms with Crippen molar-refractivity contribution in [2.24, 2.45) is 0 Å². The van der Waals surface area contributed by atoms with Crippen LogP contribution in [0, 0.1) is 0 Å². The Morgan fingerprint density at radius 1 is 0.861 bits per heavy atom. The second-order valence-corrected chi connectivity index (χ2v) is 10.5. The Morgan fingerprint density at radius 3 is 1.89 bits per heavy atom. The van der Waals surface area contributed by atoms with Gasteiger partial charge in [-0.15, -0.1) is 0 Å². The zero-order valence-electron chi connectivity index (χ0n) is 20.5. The molecule has 1 saturated heterocycles. The lowest BCUT2D eigenvalue weighted by atomic mass is 9.74. The monoisotopic (exact) mass is 490 g/mol. The van der Waals surface area contributed by atoms with Gasteiger partial charge in [-0.2, -0.15) is 0 Å². The number of rotatable bonds is 6. The number of piperidine rings is 1. The molecule has 3 nitrogen and oxygen atoms in total. The lowest BCUT2D eigenvalue weighted by Gasteiger charge is -2.49. The molecule has 0 radical (unpaired) electrons. The van der Waals surface area contributed by atoms with Crippen molar-refractivity contribution < 1.29 is 4.79 Å². The highest BCUT2D eigenvalue weighted by molar-refractivity contribution is 8.14. The first kappa shape index (κ1) is 24.2. The van der Waals surface area contributed by atoms with Crippen LogP contribution in [-0.2, 0) is 10.3 Å². The predicted molar refractivity (Wildman–Crippen MR) is 150 cm³/mol. The van der Waals surface area contributed by atoms with Gasteiger partial charge < -0.3 is 0 Å². The van der Waals surface area contributed by atoms with Gasteiger partial charge in [-0.1, -0.05) is 115 Å². The smallest absolute Gasteiger partial charge is 0.186 e. The van der Waals surface area contributed by atoms with E-state index in [1.807, 2.05) is 12.3 Å². The summed E-state index contributed by atoms with van der Waals surface area (Å²) in [4.78, 5) is 19.1. The van der Waals surface area contributed by atoms with Crippen LogP contribution in [0.2, 0.25) is 0 Å². The Labute approximate surface area is 217 Å². The van der Waals surface area contributed by atoms with E-state index >= 15 is 0 Å². The second kappa shape index (κ2) is 11.1. The van der Waals surface area contributed by atoms with Crippen LogP contribution in [0.1, 0.15) is 35.6 Å². The second-order valence-electron chi connectivity index (χ2n) is 9.12. The number of thioether (sulfide) groups is 1. The van der Waals surface area contributed by atoms with E-state index in [9.17, 15) is 4.79 Å². The van der Waals surface area contributed by atoms with Crippen LogP contribution >= 0.6 is 11.8 Å². The maximum absolute atomic E-state index is 12.2. The van der Waals surface area contributed by atoms with Crippen molar-refractivity contribution in [1.82, 2.24) is 9.88 Å². The number of carbonyl (C=O) groups excluding carboxylic acids is 1. The van der Waals surface area contributed by atoms with Crippen LogP contribution in [0.15, 0.2) is 121 Å². The van der Waals surface area contributed by atoms with Gasteiger partial charge in [0.05, 0.1) is 5.54 Å². The predicted octanol–water partition coefficient (Wildman–Crippen LogP) is 6.81. The van der Waals surface area contributed by atoms with Crippen LogP contribution < -0.4 is 0 Å². The number of nitrogens with zero attached hydrogens (tertiary/aromatic N) is 2. The molecule has 3 aromatic carbocycles. The zero-order valence-corrected chi connectivity index (χ0v) is 21.3.